The van der Waals surface area contributed by atoms with Crippen molar-refractivity contribution in [1.29, 1.82) is 0 Å². The topological polar surface area (TPSA) is 34.4 Å². The van der Waals surface area contributed by atoms with Crippen molar-refractivity contribution in [2.45, 2.75) is 77.7 Å². The lowest BCUT2D eigenvalue weighted by atomic mass is 9.98. The van der Waals surface area contributed by atoms with Crippen LogP contribution in [0.3, 0.4) is 0 Å². The van der Waals surface area contributed by atoms with Crippen molar-refractivity contribution < 1.29 is 9.15 Å². The third-order valence-electron chi connectivity index (χ3n) is 3.54. The zero-order chi connectivity index (χ0) is 13.7. The number of hydrogen-bond acceptors (Lipinski definition) is 3. The van der Waals surface area contributed by atoms with Crippen molar-refractivity contribution in [2.75, 3.05) is 0 Å². The molecule has 2 rings (SSSR count). The number of furan rings is 1. The molecule has 1 N–H and O–H groups in total. The molecule has 3 heteroatoms. The smallest absolute Gasteiger partial charge is 0.129 e. The van der Waals surface area contributed by atoms with Crippen molar-refractivity contribution in [3.8, 4) is 0 Å². The molecule has 0 spiro atoms. The third-order valence-corrected chi connectivity index (χ3v) is 3.54. The Morgan fingerprint density at radius 3 is 2.68 bits per heavy atom. The Bertz CT molecular complexity index is 372. The number of rotatable bonds is 5. The summed E-state index contributed by atoms with van der Waals surface area (Å²) in [5, 5.41) is 3.46. The standard InChI is InChI=1S/C16H27NO2/c1-16(2,3)17-10-13-9-15(18-11-13)12-19-14-7-5-4-6-8-14/h9,11,14,17H,4-8,10,12H2,1-3H3. The minimum absolute atomic E-state index is 0.135. The molecule has 1 aromatic rings. The highest BCUT2D eigenvalue weighted by atomic mass is 16.5. The van der Waals surface area contributed by atoms with Crippen LogP contribution >= 0.6 is 0 Å². The Labute approximate surface area is 116 Å². The van der Waals surface area contributed by atoms with E-state index in [4.69, 9.17) is 9.15 Å². The quantitative estimate of drug-likeness (QED) is 0.873. The van der Waals surface area contributed by atoms with Gasteiger partial charge in [-0.2, -0.15) is 0 Å². The largest absolute Gasteiger partial charge is 0.467 e. The van der Waals surface area contributed by atoms with E-state index >= 15 is 0 Å². The highest BCUT2D eigenvalue weighted by Gasteiger charge is 2.15. The normalized spacial score (nSPS) is 17.8. The van der Waals surface area contributed by atoms with Crippen LogP contribution in [0.15, 0.2) is 16.7 Å². The fourth-order valence-corrected chi connectivity index (χ4v) is 2.39. The number of hydrogen-bond donors (Lipinski definition) is 1. The van der Waals surface area contributed by atoms with E-state index in [-0.39, 0.29) is 5.54 Å². The fourth-order valence-electron chi connectivity index (χ4n) is 2.39. The maximum absolute atomic E-state index is 5.91. The minimum Gasteiger partial charge on any atom is -0.467 e. The van der Waals surface area contributed by atoms with Crippen LogP contribution in [-0.2, 0) is 17.9 Å². The first kappa shape index (κ1) is 14.6. The molecule has 0 amide bonds. The van der Waals surface area contributed by atoms with Crippen molar-refractivity contribution in [3.05, 3.63) is 23.7 Å². The van der Waals surface area contributed by atoms with Crippen molar-refractivity contribution in [2.24, 2.45) is 0 Å². The van der Waals surface area contributed by atoms with E-state index in [9.17, 15) is 0 Å². The van der Waals surface area contributed by atoms with Crippen LogP contribution < -0.4 is 5.32 Å². The van der Waals surface area contributed by atoms with E-state index in [0.717, 1.165) is 12.3 Å². The number of ether oxygens (including phenoxy) is 1. The van der Waals surface area contributed by atoms with Gasteiger partial charge in [0.05, 0.1) is 12.4 Å². The molecule has 1 aromatic heterocycles. The highest BCUT2D eigenvalue weighted by molar-refractivity contribution is 5.12. The van der Waals surface area contributed by atoms with Crippen LogP contribution in [0, 0.1) is 0 Å². The molecule has 19 heavy (non-hydrogen) atoms. The Morgan fingerprint density at radius 2 is 2.00 bits per heavy atom. The summed E-state index contributed by atoms with van der Waals surface area (Å²) in [6.07, 6.45) is 8.67. The van der Waals surface area contributed by atoms with E-state index in [1.807, 2.05) is 6.26 Å². The van der Waals surface area contributed by atoms with E-state index in [1.165, 1.54) is 37.7 Å². The summed E-state index contributed by atoms with van der Waals surface area (Å²) in [6.45, 7) is 7.96. The molecule has 0 atom stereocenters. The number of nitrogens with one attached hydrogen (secondary N) is 1. The van der Waals surface area contributed by atoms with Crippen LogP contribution in [-0.4, -0.2) is 11.6 Å². The summed E-state index contributed by atoms with van der Waals surface area (Å²) in [7, 11) is 0. The molecule has 0 aliphatic heterocycles. The average molecular weight is 265 g/mol. The molecule has 1 fully saturated rings. The van der Waals surface area contributed by atoms with E-state index < -0.39 is 0 Å². The maximum Gasteiger partial charge on any atom is 0.129 e. The van der Waals surface area contributed by atoms with E-state index in [2.05, 4.69) is 32.2 Å². The second kappa shape index (κ2) is 6.58. The molecule has 0 radical (unpaired) electrons. The van der Waals surface area contributed by atoms with Crippen molar-refractivity contribution in [3.63, 3.8) is 0 Å². The summed E-state index contributed by atoms with van der Waals surface area (Å²) < 4.78 is 11.5. The SMILES string of the molecule is CC(C)(C)NCc1coc(COC2CCCCC2)c1. The lowest BCUT2D eigenvalue weighted by Gasteiger charge is -2.21. The molecule has 0 saturated heterocycles. The molecule has 1 saturated carbocycles. The molecule has 1 aliphatic carbocycles. The van der Waals surface area contributed by atoms with Gasteiger partial charge in [-0.15, -0.1) is 0 Å². The van der Waals surface area contributed by atoms with Gasteiger partial charge in [0, 0.05) is 17.6 Å². The molecular weight excluding hydrogens is 238 g/mol. The van der Waals surface area contributed by atoms with Gasteiger partial charge in [-0.1, -0.05) is 19.3 Å². The lowest BCUT2D eigenvalue weighted by molar-refractivity contribution is 0.00877. The molecule has 108 valence electrons. The molecule has 3 nitrogen and oxygen atoms in total. The van der Waals surface area contributed by atoms with Crippen LogP contribution in [0.2, 0.25) is 0 Å². The Hall–Kier alpha value is -0.800. The molecule has 0 aromatic carbocycles. The van der Waals surface area contributed by atoms with Gasteiger partial charge in [-0.3, -0.25) is 0 Å². The Balaban J connectivity index is 1.74. The van der Waals surface area contributed by atoms with E-state index in [0.29, 0.717) is 12.7 Å². The summed E-state index contributed by atoms with van der Waals surface area (Å²) >= 11 is 0. The second-order valence-electron chi connectivity index (χ2n) is 6.60. The molecule has 0 unspecified atom stereocenters. The summed E-state index contributed by atoms with van der Waals surface area (Å²) in [5.74, 6) is 0.941. The van der Waals surface area contributed by atoms with Crippen LogP contribution in [0.1, 0.15) is 64.2 Å². The molecular formula is C16H27NO2. The van der Waals surface area contributed by atoms with Gasteiger partial charge < -0.3 is 14.5 Å². The Kier molecular flexibility index (Phi) is 5.06. The van der Waals surface area contributed by atoms with E-state index in [1.54, 1.807) is 0 Å². The maximum atomic E-state index is 5.91. The Morgan fingerprint density at radius 1 is 1.26 bits per heavy atom. The first-order valence-corrected chi connectivity index (χ1v) is 7.46. The van der Waals surface area contributed by atoms with Crippen LogP contribution in [0.25, 0.3) is 0 Å². The summed E-state index contributed by atoms with van der Waals surface area (Å²) in [4.78, 5) is 0. The first-order chi connectivity index (χ1) is 9.03. The van der Waals surface area contributed by atoms with Gasteiger partial charge >= 0.3 is 0 Å². The average Bonchev–Trinajstić information content (AvgIpc) is 2.82. The minimum atomic E-state index is 0.135. The highest BCUT2D eigenvalue weighted by Crippen LogP contribution is 2.21. The molecule has 1 heterocycles. The lowest BCUT2D eigenvalue weighted by Crippen LogP contribution is -2.34. The zero-order valence-electron chi connectivity index (χ0n) is 12.5. The first-order valence-electron chi connectivity index (χ1n) is 7.46. The van der Waals surface area contributed by atoms with Gasteiger partial charge in [0.25, 0.3) is 0 Å². The summed E-state index contributed by atoms with van der Waals surface area (Å²) in [6, 6.07) is 2.10. The van der Waals surface area contributed by atoms with Gasteiger partial charge in [0.2, 0.25) is 0 Å². The fraction of sp³-hybridized carbons (Fsp3) is 0.750. The van der Waals surface area contributed by atoms with Gasteiger partial charge in [0.1, 0.15) is 12.4 Å². The third kappa shape index (κ3) is 5.37. The van der Waals surface area contributed by atoms with Crippen LogP contribution in [0.5, 0.6) is 0 Å². The van der Waals surface area contributed by atoms with Gasteiger partial charge in [0.15, 0.2) is 0 Å². The predicted octanol–water partition coefficient (Wildman–Crippen LogP) is 4.02. The van der Waals surface area contributed by atoms with Crippen molar-refractivity contribution in [1.82, 2.24) is 5.32 Å². The van der Waals surface area contributed by atoms with Gasteiger partial charge in [-0.25, -0.2) is 0 Å². The monoisotopic (exact) mass is 265 g/mol. The van der Waals surface area contributed by atoms with Gasteiger partial charge in [-0.05, 0) is 39.7 Å². The van der Waals surface area contributed by atoms with Crippen molar-refractivity contribution >= 4 is 0 Å². The molecule has 0 bridgehead atoms. The summed E-state index contributed by atoms with van der Waals surface area (Å²) in [5.41, 5.74) is 1.33. The zero-order valence-corrected chi connectivity index (χ0v) is 12.5. The molecule has 1 aliphatic rings. The predicted molar refractivity (Wildman–Crippen MR) is 77.0 cm³/mol. The van der Waals surface area contributed by atoms with Crippen LogP contribution in [0.4, 0.5) is 0 Å². The second-order valence-corrected chi connectivity index (χ2v) is 6.60.